The number of aromatic nitrogens is 1. The summed E-state index contributed by atoms with van der Waals surface area (Å²) in [6, 6.07) is 4.01. The van der Waals surface area contributed by atoms with E-state index in [2.05, 4.69) is 16.4 Å². The van der Waals surface area contributed by atoms with Gasteiger partial charge in [0.05, 0.1) is 10.8 Å². The molecule has 2 rings (SSSR count). The van der Waals surface area contributed by atoms with E-state index in [1.807, 2.05) is 6.07 Å². The molecule has 1 aliphatic heterocycles. The third-order valence-corrected chi connectivity index (χ3v) is 3.74. The normalized spacial score (nSPS) is 20.1. The van der Waals surface area contributed by atoms with Gasteiger partial charge in [-0.1, -0.05) is 6.07 Å². The first-order chi connectivity index (χ1) is 7.29. The molecule has 1 fully saturated rings. The summed E-state index contributed by atoms with van der Waals surface area (Å²) in [7, 11) is -0.974. The van der Waals surface area contributed by atoms with Crippen molar-refractivity contribution in [2.45, 2.75) is 23.8 Å². The van der Waals surface area contributed by atoms with Gasteiger partial charge in [-0.25, -0.2) is 4.98 Å². The van der Waals surface area contributed by atoms with Crippen molar-refractivity contribution < 1.29 is 4.21 Å². The van der Waals surface area contributed by atoms with Crippen LogP contribution in [0.1, 0.15) is 24.3 Å². The molecule has 15 heavy (non-hydrogen) atoms. The van der Waals surface area contributed by atoms with Gasteiger partial charge in [-0.05, 0) is 43.5 Å². The summed E-state index contributed by atoms with van der Waals surface area (Å²) in [5, 5.41) is 4.10. The Morgan fingerprint density at radius 3 is 2.87 bits per heavy atom. The van der Waals surface area contributed by atoms with Gasteiger partial charge in [-0.3, -0.25) is 4.21 Å². The van der Waals surface area contributed by atoms with Crippen molar-refractivity contribution in [2.75, 3.05) is 19.3 Å². The number of hydrogen-bond acceptors (Lipinski definition) is 3. The third kappa shape index (κ3) is 2.44. The minimum atomic E-state index is -0.974. The smallest absolute Gasteiger partial charge is 0.130 e. The van der Waals surface area contributed by atoms with Crippen molar-refractivity contribution in [1.29, 1.82) is 0 Å². The molecular formula is C11H16N2OS. The summed E-state index contributed by atoms with van der Waals surface area (Å²) in [6.45, 7) is 2.10. The van der Waals surface area contributed by atoms with Crippen molar-refractivity contribution in [2.24, 2.45) is 0 Å². The quantitative estimate of drug-likeness (QED) is 0.823. The molecule has 1 saturated heterocycles. The van der Waals surface area contributed by atoms with E-state index in [0.717, 1.165) is 31.0 Å². The van der Waals surface area contributed by atoms with Crippen LogP contribution in [0.5, 0.6) is 0 Å². The van der Waals surface area contributed by atoms with Crippen LogP contribution in [-0.4, -0.2) is 28.5 Å². The molecule has 0 amide bonds. The van der Waals surface area contributed by atoms with Gasteiger partial charge in [0.1, 0.15) is 5.03 Å². The van der Waals surface area contributed by atoms with E-state index in [1.165, 1.54) is 5.56 Å². The van der Waals surface area contributed by atoms with E-state index in [1.54, 1.807) is 12.5 Å². The van der Waals surface area contributed by atoms with Crippen molar-refractivity contribution in [1.82, 2.24) is 10.3 Å². The second-order valence-electron chi connectivity index (χ2n) is 3.88. The van der Waals surface area contributed by atoms with Crippen LogP contribution in [0, 0.1) is 0 Å². The van der Waals surface area contributed by atoms with E-state index in [-0.39, 0.29) is 0 Å². The first-order valence-corrected chi connectivity index (χ1v) is 6.84. The van der Waals surface area contributed by atoms with Gasteiger partial charge in [-0.15, -0.1) is 0 Å². The Kier molecular flexibility index (Phi) is 3.49. The fraction of sp³-hybridized carbons (Fsp3) is 0.545. The minimum absolute atomic E-state index is 0.527. The van der Waals surface area contributed by atoms with E-state index < -0.39 is 10.8 Å². The zero-order chi connectivity index (χ0) is 10.7. The second-order valence-corrected chi connectivity index (χ2v) is 5.17. The summed E-state index contributed by atoms with van der Waals surface area (Å²) >= 11 is 0. The number of rotatable bonds is 2. The highest BCUT2D eigenvalue weighted by molar-refractivity contribution is 7.84. The zero-order valence-corrected chi connectivity index (χ0v) is 9.72. The number of nitrogens with zero attached hydrogens (tertiary/aromatic N) is 1. The SMILES string of the molecule is CS(=O)c1ncccc1C1CCNCC1. The molecule has 1 unspecified atom stereocenters. The molecule has 0 radical (unpaired) electrons. The van der Waals surface area contributed by atoms with Crippen molar-refractivity contribution in [3.8, 4) is 0 Å². The Morgan fingerprint density at radius 1 is 1.47 bits per heavy atom. The van der Waals surface area contributed by atoms with Crippen molar-refractivity contribution in [3.05, 3.63) is 23.9 Å². The molecule has 0 spiro atoms. The molecule has 1 atom stereocenters. The maximum absolute atomic E-state index is 11.5. The summed E-state index contributed by atoms with van der Waals surface area (Å²) in [5.74, 6) is 0.527. The molecule has 0 saturated carbocycles. The third-order valence-electron chi connectivity index (χ3n) is 2.85. The first kappa shape index (κ1) is 10.8. The van der Waals surface area contributed by atoms with Gasteiger partial charge in [0.25, 0.3) is 0 Å². The van der Waals surface area contributed by atoms with Crippen LogP contribution in [0.3, 0.4) is 0 Å². The summed E-state index contributed by atoms with van der Waals surface area (Å²) in [6.07, 6.45) is 5.67. The maximum atomic E-state index is 11.5. The zero-order valence-electron chi connectivity index (χ0n) is 8.90. The highest BCUT2D eigenvalue weighted by Crippen LogP contribution is 2.28. The molecule has 3 nitrogen and oxygen atoms in total. The standard InChI is InChI=1S/C11H16N2OS/c1-15(14)11-10(3-2-6-13-11)9-4-7-12-8-5-9/h2-3,6,9,12H,4-5,7-8H2,1H3. The molecule has 1 aromatic rings. The van der Waals surface area contributed by atoms with Crippen molar-refractivity contribution in [3.63, 3.8) is 0 Å². The topological polar surface area (TPSA) is 42.0 Å². The lowest BCUT2D eigenvalue weighted by atomic mass is 9.91. The Hall–Kier alpha value is -0.740. The lowest BCUT2D eigenvalue weighted by Gasteiger charge is -2.23. The molecule has 1 aliphatic rings. The predicted octanol–water partition coefficient (Wildman–Crippen LogP) is 1.29. The number of piperidine rings is 1. The number of pyridine rings is 1. The molecule has 4 heteroatoms. The fourth-order valence-corrected chi connectivity index (χ4v) is 2.86. The molecule has 0 aliphatic carbocycles. The van der Waals surface area contributed by atoms with Crippen LogP contribution in [-0.2, 0) is 10.8 Å². The van der Waals surface area contributed by atoms with Crippen molar-refractivity contribution >= 4 is 10.8 Å². The average molecular weight is 224 g/mol. The molecule has 82 valence electrons. The van der Waals surface area contributed by atoms with Crippen LogP contribution in [0.25, 0.3) is 0 Å². The van der Waals surface area contributed by atoms with E-state index in [0.29, 0.717) is 5.92 Å². The van der Waals surface area contributed by atoms with Gasteiger partial charge < -0.3 is 5.32 Å². The molecule has 2 heterocycles. The molecular weight excluding hydrogens is 208 g/mol. The Balaban J connectivity index is 2.29. The van der Waals surface area contributed by atoms with E-state index in [9.17, 15) is 4.21 Å². The monoisotopic (exact) mass is 224 g/mol. The van der Waals surface area contributed by atoms with Gasteiger partial charge >= 0.3 is 0 Å². The molecule has 1 N–H and O–H groups in total. The predicted molar refractivity (Wildman–Crippen MR) is 61.4 cm³/mol. The Bertz CT molecular complexity index is 361. The number of hydrogen-bond donors (Lipinski definition) is 1. The Labute approximate surface area is 92.8 Å². The van der Waals surface area contributed by atoms with E-state index in [4.69, 9.17) is 0 Å². The highest BCUT2D eigenvalue weighted by Gasteiger charge is 2.19. The van der Waals surface area contributed by atoms with Gasteiger partial charge in [0.2, 0.25) is 0 Å². The lowest BCUT2D eigenvalue weighted by Crippen LogP contribution is -2.27. The van der Waals surface area contributed by atoms with E-state index >= 15 is 0 Å². The molecule has 0 aromatic carbocycles. The minimum Gasteiger partial charge on any atom is -0.317 e. The van der Waals surface area contributed by atoms with Crippen LogP contribution in [0.4, 0.5) is 0 Å². The second kappa shape index (κ2) is 4.86. The largest absolute Gasteiger partial charge is 0.317 e. The van der Waals surface area contributed by atoms with Gasteiger partial charge in [0.15, 0.2) is 0 Å². The van der Waals surface area contributed by atoms with Gasteiger partial charge in [0, 0.05) is 12.5 Å². The van der Waals surface area contributed by atoms with Gasteiger partial charge in [-0.2, -0.15) is 0 Å². The highest BCUT2D eigenvalue weighted by atomic mass is 32.2. The maximum Gasteiger partial charge on any atom is 0.130 e. The Morgan fingerprint density at radius 2 is 2.20 bits per heavy atom. The summed E-state index contributed by atoms with van der Waals surface area (Å²) < 4.78 is 11.5. The van der Waals surface area contributed by atoms with Crippen LogP contribution >= 0.6 is 0 Å². The van der Waals surface area contributed by atoms with Crippen LogP contribution in [0.2, 0.25) is 0 Å². The summed E-state index contributed by atoms with van der Waals surface area (Å²) in [4.78, 5) is 4.23. The molecule has 1 aromatic heterocycles. The van der Waals surface area contributed by atoms with Crippen LogP contribution < -0.4 is 5.32 Å². The lowest BCUT2D eigenvalue weighted by molar-refractivity contribution is 0.454. The average Bonchev–Trinajstić information content (AvgIpc) is 2.30. The molecule has 0 bridgehead atoms. The first-order valence-electron chi connectivity index (χ1n) is 5.28. The summed E-state index contributed by atoms with van der Waals surface area (Å²) in [5.41, 5.74) is 1.18. The fourth-order valence-electron chi connectivity index (χ4n) is 2.09. The van der Waals surface area contributed by atoms with Crippen LogP contribution in [0.15, 0.2) is 23.4 Å². The number of nitrogens with one attached hydrogen (secondary N) is 1.